The standard InChI is InChI=1S/C28H35N3O4/c1-8-28(18-30(2,3)4,19-31(5,6)7)25(26(32)33)29-27(34)35-17-24-22-15-11-9-13-20(22)21-14-10-12-16-23(21)24/h1,9-16,24-25H,17-19H2,2-7H3/p+2/t25-/m0/s1. The first-order valence-electron chi connectivity index (χ1n) is 11.7. The summed E-state index contributed by atoms with van der Waals surface area (Å²) in [5.41, 5.74) is 3.29. The zero-order chi connectivity index (χ0) is 26.0. The van der Waals surface area contributed by atoms with Crippen LogP contribution in [0.5, 0.6) is 0 Å². The molecule has 7 heteroatoms. The van der Waals surface area contributed by atoms with Crippen LogP contribution in [0.4, 0.5) is 4.79 Å². The van der Waals surface area contributed by atoms with E-state index < -0.39 is 23.5 Å². The number of carbonyl (C=O) groups is 2. The van der Waals surface area contributed by atoms with Gasteiger partial charge in [0.05, 0.1) is 42.3 Å². The zero-order valence-corrected chi connectivity index (χ0v) is 21.5. The molecule has 0 fully saturated rings. The van der Waals surface area contributed by atoms with Gasteiger partial charge in [0.15, 0.2) is 11.5 Å². The summed E-state index contributed by atoms with van der Waals surface area (Å²) in [5.74, 6) is 1.46. The van der Waals surface area contributed by atoms with E-state index in [2.05, 4.69) is 23.4 Å². The molecule has 186 valence electrons. The molecule has 0 bridgehead atoms. The molecule has 0 radical (unpaired) electrons. The van der Waals surface area contributed by atoms with Gasteiger partial charge in [-0.1, -0.05) is 54.5 Å². The minimum atomic E-state index is -1.31. The van der Waals surface area contributed by atoms with Crippen LogP contribution in [0.3, 0.4) is 0 Å². The van der Waals surface area contributed by atoms with Crippen LogP contribution in [0.2, 0.25) is 0 Å². The van der Waals surface area contributed by atoms with Crippen molar-refractivity contribution in [2.45, 2.75) is 12.0 Å². The highest BCUT2D eigenvalue weighted by Crippen LogP contribution is 2.44. The van der Waals surface area contributed by atoms with Gasteiger partial charge in [-0.25, -0.2) is 9.59 Å². The number of aliphatic carboxylic acids is 1. The molecule has 2 aromatic carbocycles. The number of hydrogen-bond acceptors (Lipinski definition) is 3. The average Bonchev–Trinajstić information content (AvgIpc) is 3.07. The van der Waals surface area contributed by atoms with Crippen LogP contribution in [-0.2, 0) is 9.53 Å². The van der Waals surface area contributed by atoms with E-state index in [1.165, 1.54) is 0 Å². The van der Waals surface area contributed by atoms with E-state index in [-0.39, 0.29) is 12.5 Å². The highest BCUT2D eigenvalue weighted by Gasteiger charge is 2.51. The van der Waals surface area contributed by atoms with E-state index in [1.807, 2.05) is 78.7 Å². The van der Waals surface area contributed by atoms with Crippen LogP contribution in [0.25, 0.3) is 11.1 Å². The van der Waals surface area contributed by atoms with E-state index in [0.29, 0.717) is 22.1 Å². The Morgan fingerprint density at radius 1 is 0.971 bits per heavy atom. The molecule has 2 aromatic rings. The van der Waals surface area contributed by atoms with Gasteiger partial charge in [-0.05, 0) is 22.3 Å². The fourth-order valence-corrected chi connectivity index (χ4v) is 5.29. The van der Waals surface area contributed by atoms with Crippen LogP contribution < -0.4 is 5.32 Å². The summed E-state index contributed by atoms with van der Waals surface area (Å²) in [6.07, 6.45) is 5.20. The van der Waals surface area contributed by atoms with Crippen LogP contribution in [-0.4, -0.2) is 94.2 Å². The van der Waals surface area contributed by atoms with Gasteiger partial charge in [-0.2, -0.15) is 0 Å². The number of fused-ring (bicyclic) bond motifs is 3. The Balaban J connectivity index is 1.83. The maximum absolute atomic E-state index is 13.0. The highest BCUT2D eigenvalue weighted by molar-refractivity contribution is 5.82. The molecule has 0 saturated carbocycles. The average molecular weight is 480 g/mol. The molecular formula is C28H37N3O4+2. The van der Waals surface area contributed by atoms with Crippen LogP contribution in [0, 0.1) is 17.8 Å². The smallest absolute Gasteiger partial charge is 0.407 e. The monoisotopic (exact) mass is 479 g/mol. The molecule has 35 heavy (non-hydrogen) atoms. The first kappa shape index (κ1) is 26.3. The molecule has 7 nitrogen and oxygen atoms in total. The van der Waals surface area contributed by atoms with E-state index >= 15 is 0 Å². The Morgan fingerprint density at radius 2 is 1.43 bits per heavy atom. The minimum absolute atomic E-state index is 0.0971. The third-order valence-electron chi connectivity index (χ3n) is 6.21. The molecule has 1 amide bonds. The maximum Gasteiger partial charge on any atom is 0.407 e. The van der Waals surface area contributed by atoms with Crippen LogP contribution >= 0.6 is 0 Å². The van der Waals surface area contributed by atoms with Gasteiger partial charge < -0.3 is 24.1 Å². The molecule has 1 aliphatic carbocycles. The summed E-state index contributed by atoms with van der Waals surface area (Å²) in [4.78, 5) is 25.4. The van der Waals surface area contributed by atoms with Gasteiger partial charge in [-0.15, -0.1) is 6.42 Å². The van der Waals surface area contributed by atoms with Crippen LogP contribution in [0.1, 0.15) is 17.0 Å². The third kappa shape index (κ3) is 6.02. The Morgan fingerprint density at radius 3 is 1.83 bits per heavy atom. The molecule has 1 aliphatic rings. The van der Waals surface area contributed by atoms with Crippen molar-refractivity contribution in [3.63, 3.8) is 0 Å². The predicted octanol–water partition coefficient (Wildman–Crippen LogP) is 3.01. The first-order valence-corrected chi connectivity index (χ1v) is 11.7. The van der Waals surface area contributed by atoms with Crippen LogP contribution in [0.15, 0.2) is 48.5 Å². The topological polar surface area (TPSA) is 75.6 Å². The summed E-state index contributed by atoms with van der Waals surface area (Å²) in [7, 11) is 11.7. The van der Waals surface area contributed by atoms with Crippen molar-refractivity contribution in [1.82, 2.24) is 5.32 Å². The highest BCUT2D eigenvalue weighted by atomic mass is 16.5. The molecule has 0 aromatic heterocycles. The van der Waals surface area contributed by atoms with Crippen molar-refractivity contribution in [2.75, 3.05) is 62.0 Å². The lowest BCUT2D eigenvalue weighted by molar-refractivity contribution is -0.900. The van der Waals surface area contributed by atoms with Crippen molar-refractivity contribution in [1.29, 1.82) is 0 Å². The lowest BCUT2D eigenvalue weighted by Gasteiger charge is -2.42. The van der Waals surface area contributed by atoms with Crippen molar-refractivity contribution >= 4 is 12.1 Å². The molecular weight excluding hydrogens is 442 g/mol. The van der Waals surface area contributed by atoms with E-state index in [1.54, 1.807) is 0 Å². The number of ether oxygens (including phenoxy) is 1. The second-order valence-electron chi connectivity index (χ2n) is 11.4. The number of amides is 1. The largest absolute Gasteiger partial charge is 0.480 e. The quantitative estimate of drug-likeness (QED) is 0.428. The summed E-state index contributed by atoms with van der Waals surface area (Å²) < 4.78 is 6.52. The molecule has 3 rings (SSSR count). The summed E-state index contributed by atoms with van der Waals surface area (Å²) in [6, 6.07) is 14.8. The number of rotatable bonds is 9. The van der Waals surface area contributed by atoms with Crippen molar-refractivity contribution < 1.29 is 28.4 Å². The van der Waals surface area contributed by atoms with Crippen molar-refractivity contribution in [2.24, 2.45) is 5.41 Å². The first-order chi connectivity index (χ1) is 16.3. The number of terminal acetylenes is 1. The summed E-state index contributed by atoms with van der Waals surface area (Å²) >= 11 is 0. The lowest BCUT2D eigenvalue weighted by Crippen LogP contribution is -2.64. The van der Waals surface area contributed by atoms with Gasteiger partial charge in [0.25, 0.3) is 0 Å². The SMILES string of the molecule is C#CC(C[N+](C)(C)C)(C[N+](C)(C)C)[C@@H](NC(=O)OCC1c2ccccc2-c2ccccc21)C(=O)O. The van der Waals surface area contributed by atoms with E-state index in [9.17, 15) is 14.7 Å². The molecule has 0 saturated heterocycles. The number of quaternary nitrogens is 2. The molecule has 0 heterocycles. The van der Waals surface area contributed by atoms with Crippen molar-refractivity contribution in [3.05, 3.63) is 59.7 Å². The van der Waals surface area contributed by atoms with Gasteiger partial charge in [0.2, 0.25) is 0 Å². The van der Waals surface area contributed by atoms with Gasteiger partial charge >= 0.3 is 12.1 Å². The molecule has 0 spiro atoms. The number of nitrogens with zero attached hydrogens (tertiary/aromatic N) is 2. The summed E-state index contributed by atoms with van der Waals surface area (Å²) in [6.45, 7) is 0.819. The fraction of sp³-hybridized carbons (Fsp3) is 0.429. The second-order valence-corrected chi connectivity index (χ2v) is 11.4. The number of alkyl carbamates (subject to hydrolysis) is 1. The molecule has 0 aliphatic heterocycles. The Labute approximate surface area is 208 Å². The van der Waals surface area contributed by atoms with E-state index in [0.717, 1.165) is 22.3 Å². The summed E-state index contributed by atoms with van der Waals surface area (Å²) in [5, 5.41) is 12.7. The number of nitrogens with one attached hydrogen (secondary N) is 1. The van der Waals surface area contributed by atoms with Gasteiger partial charge in [-0.3, -0.25) is 0 Å². The predicted molar refractivity (Wildman–Crippen MR) is 137 cm³/mol. The number of hydrogen-bond donors (Lipinski definition) is 2. The zero-order valence-electron chi connectivity index (χ0n) is 21.5. The maximum atomic E-state index is 13.0. The molecule has 2 N–H and O–H groups in total. The normalized spacial score (nSPS) is 14.4. The van der Waals surface area contributed by atoms with Crippen molar-refractivity contribution in [3.8, 4) is 23.5 Å². The number of carbonyl (C=O) groups excluding carboxylic acids is 1. The number of carboxylic acids is 1. The van der Waals surface area contributed by atoms with Gasteiger partial charge in [0.1, 0.15) is 19.7 Å². The molecule has 1 atom stereocenters. The Hall–Kier alpha value is -3.34. The third-order valence-corrected chi connectivity index (χ3v) is 6.21. The lowest BCUT2D eigenvalue weighted by atomic mass is 9.78. The number of carboxylic acid groups (broad SMARTS) is 1. The second kappa shape index (κ2) is 9.73. The Bertz CT molecular complexity index is 1080. The minimum Gasteiger partial charge on any atom is -0.480 e. The molecule has 0 unspecified atom stereocenters. The van der Waals surface area contributed by atoms with E-state index in [4.69, 9.17) is 11.2 Å². The fourth-order valence-electron chi connectivity index (χ4n) is 5.29. The number of benzene rings is 2. The van der Waals surface area contributed by atoms with Gasteiger partial charge in [0, 0.05) is 5.92 Å². The Kier molecular flexibility index (Phi) is 7.30.